The Bertz CT molecular complexity index is 801. The van der Waals surface area contributed by atoms with Gasteiger partial charge in [-0.15, -0.1) is 0 Å². The van der Waals surface area contributed by atoms with Crippen molar-refractivity contribution in [1.82, 2.24) is 0 Å². The average Bonchev–Trinajstić information content (AvgIpc) is 3.05. The molecular weight excluding hydrogens is 372 g/mol. The maximum atomic E-state index is 11.4. The van der Waals surface area contributed by atoms with Gasteiger partial charge in [0.25, 0.3) is 8.32 Å². The monoisotopic (exact) mass is 408 g/mol. The summed E-state index contributed by atoms with van der Waals surface area (Å²) < 4.78 is 7.14. The zero-order chi connectivity index (χ0) is 20.9. The molecule has 0 bridgehead atoms. The summed E-state index contributed by atoms with van der Waals surface area (Å²) in [5.74, 6) is 0.798. The molecule has 156 valence electrons. The Balaban J connectivity index is 1.74. The second kappa shape index (κ2) is 7.07. The van der Waals surface area contributed by atoms with E-state index in [0.717, 1.165) is 6.42 Å². The second-order valence-corrected chi connectivity index (χ2v) is 15.0. The second-order valence-electron chi connectivity index (χ2n) is 10.6. The Morgan fingerprint density at radius 2 is 1.48 bits per heavy atom. The Kier molecular flexibility index (Phi) is 5.08. The zero-order valence-electron chi connectivity index (χ0n) is 18.6. The maximum absolute atomic E-state index is 11.4. The molecule has 0 aliphatic heterocycles. The molecule has 29 heavy (non-hydrogen) atoms. The van der Waals surface area contributed by atoms with Gasteiger partial charge in [-0.2, -0.15) is 0 Å². The Labute approximate surface area is 177 Å². The quantitative estimate of drug-likeness (QED) is 0.724. The highest BCUT2D eigenvalue weighted by atomic mass is 28.4. The molecule has 0 amide bonds. The molecule has 2 aromatic carbocycles. The molecule has 0 aromatic heterocycles. The Morgan fingerprint density at radius 3 is 1.97 bits per heavy atom. The van der Waals surface area contributed by atoms with Crippen LogP contribution < -0.4 is 10.4 Å². The smallest absolute Gasteiger partial charge is 0.261 e. The predicted octanol–water partition coefficient (Wildman–Crippen LogP) is 4.75. The van der Waals surface area contributed by atoms with Crippen molar-refractivity contribution in [2.24, 2.45) is 17.3 Å². The number of aliphatic hydroxyl groups is 1. The van der Waals surface area contributed by atoms with Gasteiger partial charge < -0.3 is 9.53 Å². The standard InChI is InChI=1S/C26H36O2Si/c1-24(2,3)29(20-13-8-6-9-14-20,21-15-10-7-11-16-21)28-19-23-22-17-12-18-25(22,4)26(23,5)27/h6-11,13-16,22-23,27H,12,17-19H2,1-5H3/t22-,23-,25-,26+/m0/s1. The fourth-order valence-electron chi connectivity index (χ4n) is 6.44. The molecule has 3 heteroatoms. The third-order valence-electron chi connectivity index (χ3n) is 8.29. The molecule has 2 aliphatic rings. The van der Waals surface area contributed by atoms with E-state index in [1.165, 1.54) is 23.2 Å². The van der Waals surface area contributed by atoms with Crippen LogP contribution in [-0.4, -0.2) is 25.6 Å². The van der Waals surface area contributed by atoms with Crippen molar-refractivity contribution < 1.29 is 9.53 Å². The van der Waals surface area contributed by atoms with Crippen molar-refractivity contribution >= 4 is 18.7 Å². The van der Waals surface area contributed by atoms with Gasteiger partial charge >= 0.3 is 0 Å². The molecule has 1 N–H and O–H groups in total. The largest absolute Gasteiger partial charge is 0.407 e. The van der Waals surface area contributed by atoms with Gasteiger partial charge in [-0.05, 0) is 46.5 Å². The first-order valence-electron chi connectivity index (χ1n) is 11.1. The molecule has 2 saturated carbocycles. The third-order valence-corrected chi connectivity index (χ3v) is 13.3. The van der Waals surface area contributed by atoms with Crippen molar-refractivity contribution in [3.63, 3.8) is 0 Å². The number of rotatable bonds is 5. The number of benzene rings is 2. The zero-order valence-corrected chi connectivity index (χ0v) is 19.6. The van der Waals surface area contributed by atoms with Crippen molar-refractivity contribution in [2.75, 3.05) is 6.61 Å². The van der Waals surface area contributed by atoms with E-state index in [1.54, 1.807) is 0 Å². The lowest BCUT2D eigenvalue weighted by atomic mass is 9.47. The molecule has 0 unspecified atom stereocenters. The highest BCUT2D eigenvalue weighted by Crippen LogP contribution is 2.66. The normalized spacial score (nSPS) is 31.9. The SMILES string of the molecule is CC(C)(C)[Si](OC[C@H]1[C@@H]2CCC[C@]2(C)[C@]1(C)O)(c1ccccc1)c1ccccc1. The van der Waals surface area contributed by atoms with Crippen LogP contribution in [0.1, 0.15) is 53.9 Å². The van der Waals surface area contributed by atoms with E-state index >= 15 is 0 Å². The highest BCUT2D eigenvalue weighted by molar-refractivity contribution is 6.99. The minimum Gasteiger partial charge on any atom is -0.407 e. The first-order chi connectivity index (χ1) is 13.6. The van der Waals surface area contributed by atoms with Gasteiger partial charge in [0.15, 0.2) is 0 Å². The molecule has 2 aromatic rings. The Hall–Kier alpha value is -1.42. The molecule has 4 atom stereocenters. The topological polar surface area (TPSA) is 29.5 Å². The summed E-state index contributed by atoms with van der Waals surface area (Å²) in [6.45, 7) is 11.9. The lowest BCUT2D eigenvalue weighted by Crippen LogP contribution is -2.71. The number of hydrogen-bond donors (Lipinski definition) is 1. The van der Waals surface area contributed by atoms with Crippen molar-refractivity contribution in [1.29, 1.82) is 0 Å². The van der Waals surface area contributed by atoms with E-state index in [-0.39, 0.29) is 16.4 Å². The molecular formula is C26H36O2Si. The van der Waals surface area contributed by atoms with Crippen LogP contribution in [0.2, 0.25) is 5.04 Å². The maximum Gasteiger partial charge on any atom is 0.261 e. The highest BCUT2D eigenvalue weighted by Gasteiger charge is 2.68. The number of fused-ring (bicyclic) bond motifs is 1. The molecule has 2 aliphatic carbocycles. The van der Waals surface area contributed by atoms with Gasteiger partial charge in [0.05, 0.1) is 5.60 Å². The van der Waals surface area contributed by atoms with E-state index in [9.17, 15) is 5.11 Å². The van der Waals surface area contributed by atoms with Crippen LogP contribution in [0.5, 0.6) is 0 Å². The summed E-state index contributed by atoms with van der Waals surface area (Å²) in [5.41, 5.74) is -0.577. The summed E-state index contributed by atoms with van der Waals surface area (Å²) in [6.07, 6.45) is 3.59. The summed E-state index contributed by atoms with van der Waals surface area (Å²) in [6, 6.07) is 21.6. The van der Waals surface area contributed by atoms with Crippen LogP contribution in [0.15, 0.2) is 60.7 Å². The van der Waals surface area contributed by atoms with Crippen LogP contribution in [-0.2, 0) is 4.43 Å². The fraction of sp³-hybridized carbons (Fsp3) is 0.538. The van der Waals surface area contributed by atoms with Gasteiger partial charge in [-0.1, -0.05) is 94.8 Å². The minimum absolute atomic E-state index is 0.0235. The molecule has 0 saturated heterocycles. The molecule has 2 nitrogen and oxygen atoms in total. The minimum atomic E-state index is -2.54. The van der Waals surface area contributed by atoms with Crippen LogP contribution in [0, 0.1) is 17.3 Å². The van der Waals surface area contributed by atoms with Gasteiger partial charge in [-0.3, -0.25) is 0 Å². The van der Waals surface area contributed by atoms with Crippen molar-refractivity contribution in [3.8, 4) is 0 Å². The summed E-state index contributed by atoms with van der Waals surface area (Å²) in [7, 11) is -2.54. The first-order valence-corrected chi connectivity index (χ1v) is 13.0. The Morgan fingerprint density at radius 1 is 0.966 bits per heavy atom. The molecule has 0 heterocycles. The molecule has 0 radical (unpaired) electrons. The molecule has 2 fully saturated rings. The van der Waals surface area contributed by atoms with Gasteiger partial charge in [0.2, 0.25) is 0 Å². The number of hydrogen-bond acceptors (Lipinski definition) is 2. The van der Waals surface area contributed by atoms with E-state index in [2.05, 4.69) is 88.4 Å². The summed E-state index contributed by atoms with van der Waals surface area (Å²) >= 11 is 0. The third kappa shape index (κ3) is 2.97. The lowest BCUT2D eigenvalue weighted by Gasteiger charge is -2.62. The molecule has 0 spiro atoms. The lowest BCUT2D eigenvalue weighted by molar-refractivity contribution is -0.240. The van der Waals surface area contributed by atoms with Crippen molar-refractivity contribution in [2.45, 2.75) is 64.5 Å². The fourth-order valence-corrected chi connectivity index (χ4v) is 11.0. The summed E-state index contributed by atoms with van der Waals surface area (Å²) in [4.78, 5) is 0. The van der Waals surface area contributed by atoms with E-state index in [0.29, 0.717) is 12.5 Å². The van der Waals surface area contributed by atoms with Crippen LogP contribution in [0.4, 0.5) is 0 Å². The van der Waals surface area contributed by atoms with E-state index in [1.807, 2.05) is 6.92 Å². The van der Waals surface area contributed by atoms with Crippen LogP contribution >= 0.6 is 0 Å². The molecule has 4 rings (SSSR count). The summed E-state index contributed by atoms with van der Waals surface area (Å²) in [5, 5.41) is 14.0. The van der Waals surface area contributed by atoms with E-state index in [4.69, 9.17) is 4.43 Å². The van der Waals surface area contributed by atoms with Gasteiger partial charge in [-0.25, -0.2) is 0 Å². The first kappa shape index (κ1) is 20.8. The van der Waals surface area contributed by atoms with Crippen LogP contribution in [0.3, 0.4) is 0 Å². The van der Waals surface area contributed by atoms with Gasteiger partial charge in [0, 0.05) is 12.5 Å². The van der Waals surface area contributed by atoms with Gasteiger partial charge in [0.1, 0.15) is 0 Å². The average molecular weight is 409 g/mol. The van der Waals surface area contributed by atoms with E-state index < -0.39 is 13.9 Å². The van der Waals surface area contributed by atoms with Crippen molar-refractivity contribution in [3.05, 3.63) is 60.7 Å². The predicted molar refractivity (Wildman–Crippen MR) is 123 cm³/mol. The van der Waals surface area contributed by atoms with Crippen LogP contribution in [0.25, 0.3) is 0 Å².